The number of hydrogen-bond acceptors (Lipinski definition) is 3. The molecule has 0 heterocycles. The van der Waals surface area contributed by atoms with Gasteiger partial charge in [0.05, 0.1) is 0 Å². The summed E-state index contributed by atoms with van der Waals surface area (Å²) >= 11 is 0. The van der Waals surface area contributed by atoms with Crippen molar-refractivity contribution in [1.29, 1.82) is 0 Å². The second-order valence-corrected chi connectivity index (χ2v) is 5.17. The number of rotatable bonds is 6. The maximum absolute atomic E-state index is 12.6. The van der Waals surface area contributed by atoms with Crippen LogP contribution in [0.15, 0.2) is 59.6 Å². The van der Waals surface area contributed by atoms with E-state index < -0.39 is 6.17 Å². The fourth-order valence-corrected chi connectivity index (χ4v) is 1.85. The highest BCUT2D eigenvalue weighted by Gasteiger charge is 2.05. The molecule has 1 aliphatic carbocycles. The molecule has 21 heavy (non-hydrogen) atoms. The molecule has 0 aliphatic heterocycles. The maximum Gasteiger partial charge on any atom is 0.120 e. The molecule has 0 saturated carbocycles. The van der Waals surface area contributed by atoms with Gasteiger partial charge in [-0.15, -0.1) is 0 Å². The molecular weight excluding hydrogens is 267 g/mol. The Bertz CT molecular complexity index is 473. The van der Waals surface area contributed by atoms with Crippen LogP contribution in [0.2, 0.25) is 0 Å². The molecule has 0 radical (unpaired) electrons. The lowest BCUT2D eigenvalue weighted by atomic mass is 10.1. The molecule has 0 aromatic rings. The van der Waals surface area contributed by atoms with Crippen molar-refractivity contribution in [3.63, 3.8) is 0 Å². The van der Waals surface area contributed by atoms with Crippen LogP contribution >= 0.6 is 0 Å². The summed E-state index contributed by atoms with van der Waals surface area (Å²) in [6, 6.07) is 0. The average Bonchev–Trinajstić information content (AvgIpc) is 2.41. The van der Waals surface area contributed by atoms with E-state index in [0.29, 0.717) is 0 Å². The highest BCUT2D eigenvalue weighted by Crippen LogP contribution is 2.17. The van der Waals surface area contributed by atoms with Gasteiger partial charge in [0.25, 0.3) is 0 Å². The number of allylic oxidation sites excluding steroid dienone is 8. The number of hydrogen-bond donors (Lipinski definition) is 2. The summed E-state index contributed by atoms with van der Waals surface area (Å²) in [5, 5.41) is 0. The highest BCUT2D eigenvalue weighted by atomic mass is 19.1. The summed E-state index contributed by atoms with van der Waals surface area (Å²) in [4.78, 5) is 0. The summed E-state index contributed by atoms with van der Waals surface area (Å²) in [6.07, 6.45) is 13.5. The van der Waals surface area contributed by atoms with Crippen molar-refractivity contribution < 1.29 is 9.13 Å². The van der Waals surface area contributed by atoms with Crippen molar-refractivity contribution in [3.05, 3.63) is 59.6 Å². The molecule has 0 saturated heterocycles. The first kappa shape index (κ1) is 17.2. The minimum absolute atomic E-state index is 0.0954. The molecule has 0 amide bonds. The molecule has 3 N–H and O–H groups in total. The summed E-state index contributed by atoms with van der Waals surface area (Å²) < 4.78 is 18.5. The molecule has 0 fully saturated rings. The Morgan fingerprint density at radius 2 is 1.95 bits per heavy atom. The first-order valence-electron chi connectivity index (χ1n) is 7.21. The molecule has 2 unspecified atom stereocenters. The first-order valence-corrected chi connectivity index (χ1v) is 7.21. The molecule has 2 atom stereocenters. The second-order valence-electron chi connectivity index (χ2n) is 5.17. The van der Waals surface area contributed by atoms with Crippen LogP contribution in [0.25, 0.3) is 0 Å². The minimum Gasteiger partial charge on any atom is -0.487 e. The van der Waals surface area contributed by atoms with Crippen LogP contribution in [0.4, 0.5) is 4.39 Å². The van der Waals surface area contributed by atoms with Crippen LogP contribution < -0.4 is 11.3 Å². The van der Waals surface area contributed by atoms with E-state index in [-0.39, 0.29) is 6.10 Å². The van der Waals surface area contributed by atoms with E-state index in [1.807, 2.05) is 31.2 Å². The molecule has 0 bridgehead atoms. The number of nitrogens with two attached hydrogens (primary N) is 1. The average molecular weight is 292 g/mol. The topological polar surface area (TPSA) is 47.3 Å². The van der Waals surface area contributed by atoms with Crippen molar-refractivity contribution in [1.82, 2.24) is 5.43 Å². The third kappa shape index (κ3) is 7.51. The fraction of sp³-hybridized carbons (Fsp3) is 0.412. The Hall–Kier alpha value is -1.81. The largest absolute Gasteiger partial charge is 0.487 e. The summed E-state index contributed by atoms with van der Waals surface area (Å²) in [5.74, 6) is 6.26. The lowest BCUT2D eigenvalue weighted by molar-refractivity contribution is 0.180. The van der Waals surface area contributed by atoms with Crippen molar-refractivity contribution in [3.8, 4) is 0 Å². The number of hydrazine groups is 1. The summed E-state index contributed by atoms with van der Waals surface area (Å²) in [5.41, 5.74) is 4.91. The van der Waals surface area contributed by atoms with Crippen LogP contribution in [0.3, 0.4) is 0 Å². The van der Waals surface area contributed by atoms with Crippen molar-refractivity contribution in [2.24, 2.45) is 5.84 Å². The number of alkyl halides is 1. The molecule has 1 rings (SSSR count). The predicted molar refractivity (Wildman–Crippen MR) is 85.9 cm³/mol. The predicted octanol–water partition coefficient (Wildman–Crippen LogP) is 3.83. The number of ether oxygens (including phenoxy) is 1. The SMILES string of the molecule is C/C1=C/C(OC(C)/C=C\C=C/C(C)F)=C\C=C(\NN)CC1. The first-order chi connectivity index (χ1) is 10.0. The molecule has 4 heteroatoms. The molecule has 0 aromatic heterocycles. The third-order valence-corrected chi connectivity index (χ3v) is 3.00. The molecule has 1 aliphatic rings. The van der Waals surface area contributed by atoms with E-state index in [4.69, 9.17) is 10.6 Å². The van der Waals surface area contributed by atoms with Crippen LogP contribution in [0, 0.1) is 0 Å². The Morgan fingerprint density at radius 3 is 2.62 bits per heavy atom. The fourth-order valence-electron chi connectivity index (χ4n) is 1.85. The van der Waals surface area contributed by atoms with E-state index in [1.165, 1.54) is 18.6 Å². The zero-order valence-corrected chi connectivity index (χ0v) is 13.0. The number of nitrogens with one attached hydrogen (secondary N) is 1. The number of halogens is 1. The minimum atomic E-state index is -0.933. The van der Waals surface area contributed by atoms with Crippen LogP contribution in [-0.2, 0) is 4.74 Å². The third-order valence-electron chi connectivity index (χ3n) is 3.00. The second kappa shape index (κ2) is 9.19. The monoisotopic (exact) mass is 292 g/mol. The molecule has 0 spiro atoms. The van der Waals surface area contributed by atoms with Gasteiger partial charge in [0, 0.05) is 5.70 Å². The van der Waals surface area contributed by atoms with Gasteiger partial charge in [-0.3, -0.25) is 5.84 Å². The quantitative estimate of drug-likeness (QED) is 0.444. The Balaban J connectivity index is 2.67. The Labute approximate surface area is 126 Å². The van der Waals surface area contributed by atoms with E-state index in [9.17, 15) is 4.39 Å². The lowest BCUT2D eigenvalue weighted by Crippen LogP contribution is -2.21. The van der Waals surface area contributed by atoms with Gasteiger partial charge in [-0.2, -0.15) is 0 Å². The molecule has 116 valence electrons. The Kier molecular flexibility index (Phi) is 7.54. The molecule has 0 aromatic carbocycles. The van der Waals surface area contributed by atoms with Crippen molar-refractivity contribution in [2.45, 2.75) is 45.9 Å². The smallest absolute Gasteiger partial charge is 0.120 e. The van der Waals surface area contributed by atoms with E-state index in [0.717, 1.165) is 24.3 Å². The van der Waals surface area contributed by atoms with Gasteiger partial charge < -0.3 is 10.2 Å². The normalized spacial score (nSPS) is 26.8. The van der Waals surface area contributed by atoms with Crippen LogP contribution in [-0.4, -0.2) is 12.3 Å². The van der Waals surface area contributed by atoms with Gasteiger partial charge in [0.15, 0.2) is 0 Å². The standard InChI is InChI=1S/C17H25FN2O/c1-13-8-9-16(20-19)10-11-17(12-13)21-15(3)7-5-4-6-14(2)18/h4-7,10-12,14-15,20H,8-9,19H2,1-3H3/b6-4-,7-5-,13-12-,16-10+,17-11+. The van der Waals surface area contributed by atoms with Gasteiger partial charge in [0.1, 0.15) is 18.0 Å². The molecule has 3 nitrogen and oxygen atoms in total. The molecular formula is C17H25FN2O. The van der Waals surface area contributed by atoms with E-state index >= 15 is 0 Å². The van der Waals surface area contributed by atoms with Crippen LogP contribution in [0.5, 0.6) is 0 Å². The maximum atomic E-state index is 12.6. The van der Waals surface area contributed by atoms with E-state index in [1.54, 1.807) is 12.2 Å². The Morgan fingerprint density at radius 1 is 1.24 bits per heavy atom. The van der Waals surface area contributed by atoms with Gasteiger partial charge >= 0.3 is 0 Å². The van der Waals surface area contributed by atoms with E-state index in [2.05, 4.69) is 12.3 Å². The van der Waals surface area contributed by atoms with Crippen LogP contribution in [0.1, 0.15) is 33.6 Å². The van der Waals surface area contributed by atoms with Crippen molar-refractivity contribution in [2.75, 3.05) is 0 Å². The zero-order chi connectivity index (χ0) is 15.7. The summed E-state index contributed by atoms with van der Waals surface area (Å²) in [6.45, 7) is 5.51. The van der Waals surface area contributed by atoms with Gasteiger partial charge in [-0.1, -0.05) is 23.8 Å². The highest BCUT2D eigenvalue weighted by molar-refractivity contribution is 5.27. The summed E-state index contributed by atoms with van der Waals surface area (Å²) in [7, 11) is 0. The van der Waals surface area contributed by atoms with Crippen molar-refractivity contribution >= 4 is 0 Å². The lowest BCUT2D eigenvalue weighted by Gasteiger charge is -2.15. The zero-order valence-electron chi connectivity index (χ0n) is 13.0. The van der Waals surface area contributed by atoms with Gasteiger partial charge in [-0.25, -0.2) is 4.39 Å². The van der Waals surface area contributed by atoms with Gasteiger partial charge in [-0.05, 0) is 57.9 Å². The van der Waals surface area contributed by atoms with Gasteiger partial charge in [0.2, 0.25) is 0 Å².